The molecule has 0 fully saturated rings. The van der Waals surface area contributed by atoms with Gasteiger partial charge in [-0.15, -0.1) is 0 Å². The summed E-state index contributed by atoms with van der Waals surface area (Å²) in [4.78, 5) is 0. The summed E-state index contributed by atoms with van der Waals surface area (Å²) in [5, 5.41) is 10.2. The Morgan fingerprint density at radius 2 is 2.11 bits per heavy atom. The van der Waals surface area contributed by atoms with E-state index < -0.39 is 0 Å². The van der Waals surface area contributed by atoms with Crippen molar-refractivity contribution in [3.8, 4) is 0 Å². The van der Waals surface area contributed by atoms with E-state index in [-0.39, 0.29) is 0 Å². The minimum absolute atomic E-state index is 0.797. The van der Waals surface area contributed by atoms with Crippen LogP contribution in [0.25, 0.3) is 0 Å². The number of hydrogen-bond acceptors (Lipinski definition) is 2. The standard InChI is InChI=1S/C7H16N2/c1-7(8)5-3-4-6-9-2/h8-9H,3-6H2,1-2H3. The van der Waals surface area contributed by atoms with E-state index in [1.54, 1.807) is 0 Å². The van der Waals surface area contributed by atoms with E-state index in [1.807, 2.05) is 14.0 Å². The molecule has 0 bridgehead atoms. The van der Waals surface area contributed by atoms with Gasteiger partial charge in [0, 0.05) is 5.71 Å². The van der Waals surface area contributed by atoms with Crippen LogP contribution in [0.4, 0.5) is 0 Å². The molecule has 9 heavy (non-hydrogen) atoms. The van der Waals surface area contributed by atoms with Crippen LogP contribution >= 0.6 is 0 Å². The smallest absolute Gasteiger partial charge is 0.00582 e. The van der Waals surface area contributed by atoms with Crippen molar-refractivity contribution in [1.29, 1.82) is 5.41 Å². The Kier molecular flexibility index (Phi) is 5.52. The Morgan fingerprint density at radius 1 is 1.44 bits per heavy atom. The molecule has 0 saturated heterocycles. The predicted molar refractivity (Wildman–Crippen MR) is 41.2 cm³/mol. The molecule has 0 aromatic carbocycles. The molecule has 0 heterocycles. The van der Waals surface area contributed by atoms with Crippen LogP contribution in [0.5, 0.6) is 0 Å². The van der Waals surface area contributed by atoms with Crippen molar-refractivity contribution < 1.29 is 0 Å². The Hall–Kier alpha value is -0.370. The zero-order chi connectivity index (χ0) is 7.11. The minimum atomic E-state index is 0.797. The Labute approximate surface area is 57.2 Å². The van der Waals surface area contributed by atoms with Crippen LogP contribution in [0, 0.1) is 5.41 Å². The number of nitrogens with one attached hydrogen (secondary N) is 2. The van der Waals surface area contributed by atoms with Crippen LogP contribution in [0.3, 0.4) is 0 Å². The molecule has 0 aliphatic rings. The third-order valence-electron chi connectivity index (χ3n) is 1.23. The van der Waals surface area contributed by atoms with Gasteiger partial charge < -0.3 is 10.7 Å². The predicted octanol–water partition coefficient (Wildman–Crippen LogP) is 1.42. The lowest BCUT2D eigenvalue weighted by Crippen LogP contribution is -2.07. The third-order valence-corrected chi connectivity index (χ3v) is 1.23. The molecule has 0 aliphatic carbocycles. The lowest BCUT2D eigenvalue weighted by atomic mass is 10.2. The maximum Gasteiger partial charge on any atom is 0.00582 e. The van der Waals surface area contributed by atoms with Gasteiger partial charge in [-0.2, -0.15) is 0 Å². The van der Waals surface area contributed by atoms with Crippen molar-refractivity contribution in [3.63, 3.8) is 0 Å². The largest absolute Gasteiger partial charge is 0.320 e. The van der Waals surface area contributed by atoms with E-state index in [2.05, 4.69) is 5.32 Å². The first-order valence-corrected chi connectivity index (χ1v) is 3.46. The van der Waals surface area contributed by atoms with Gasteiger partial charge in [0.15, 0.2) is 0 Å². The van der Waals surface area contributed by atoms with Crippen LogP contribution in [0.2, 0.25) is 0 Å². The zero-order valence-corrected chi connectivity index (χ0v) is 6.33. The van der Waals surface area contributed by atoms with Crippen LogP contribution in [0.15, 0.2) is 0 Å². The second-order valence-electron chi connectivity index (χ2n) is 2.34. The monoisotopic (exact) mass is 128 g/mol. The fourth-order valence-corrected chi connectivity index (χ4v) is 0.692. The Balaban J connectivity index is 2.83. The molecule has 2 N–H and O–H groups in total. The van der Waals surface area contributed by atoms with Gasteiger partial charge in [0.2, 0.25) is 0 Å². The van der Waals surface area contributed by atoms with Gasteiger partial charge in [-0.05, 0) is 39.8 Å². The summed E-state index contributed by atoms with van der Waals surface area (Å²) in [6.07, 6.45) is 3.30. The third kappa shape index (κ3) is 7.63. The highest BCUT2D eigenvalue weighted by molar-refractivity contribution is 5.78. The quantitative estimate of drug-likeness (QED) is 0.426. The van der Waals surface area contributed by atoms with E-state index in [0.29, 0.717) is 0 Å². The summed E-state index contributed by atoms with van der Waals surface area (Å²) in [7, 11) is 1.96. The van der Waals surface area contributed by atoms with E-state index in [1.165, 1.54) is 6.42 Å². The van der Waals surface area contributed by atoms with Crippen molar-refractivity contribution in [1.82, 2.24) is 5.32 Å². The molecule has 54 valence electrons. The molecular weight excluding hydrogens is 112 g/mol. The Morgan fingerprint density at radius 3 is 2.56 bits per heavy atom. The number of hydrogen-bond donors (Lipinski definition) is 2. The fourth-order valence-electron chi connectivity index (χ4n) is 0.692. The molecule has 0 amide bonds. The first-order chi connectivity index (χ1) is 4.27. The molecule has 0 atom stereocenters. The molecule has 0 unspecified atom stereocenters. The SMILES string of the molecule is CNCCCCC(C)=N. The van der Waals surface area contributed by atoms with Crippen LogP contribution < -0.4 is 5.32 Å². The summed E-state index contributed by atoms with van der Waals surface area (Å²) in [6.45, 7) is 2.94. The highest BCUT2D eigenvalue weighted by Gasteiger charge is 1.87. The van der Waals surface area contributed by atoms with Crippen molar-refractivity contribution in [2.75, 3.05) is 13.6 Å². The summed E-state index contributed by atoms with van der Waals surface area (Å²) >= 11 is 0. The van der Waals surface area contributed by atoms with Crippen LogP contribution in [-0.4, -0.2) is 19.3 Å². The molecule has 2 nitrogen and oxygen atoms in total. The van der Waals surface area contributed by atoms with Crippen LogP contribution in [-0.2, 0) is 0 Å². The van der Waals surface area contributed by atoms with Gasteiger partial charge in [-0.3, -0.25) is 0 Å². The van der Waals surface area contributed by atoms with Crippen LogP contribution in [0.1, 0.15) is 26.2 Å². The van der Waals surface area contributed by atoms with Crippen molar-refractivity contribution in [2.24, 2.45) is 0 Å². The van der Waals surface area contributed by atoms with E-state index >= 15 is 0 Å². The summed E-state index contributed by atoms with van der Waals surface area (Å²) in [6, 6.07) is 0. The van der Waals surface area contributed by atoms with E-state index in [9.17, 15) is 0 Å². The zero-order valence-electron chi connectivity index (χ0n) is 6.33. The highest BCUT2D eigenvalue weighted by atomic mass is 14.8. The van der Waals surface area contributed by atoms with Gasteiger partial charge in [0.25, 0.3) is 0 Å². The van der Waals surface area contributed by atoms with Gasteiger partial charge >= 0.3 is 0 Å². The molecule has 0 rings (SSSR count). The van der Waals surface area contributed by atoms with Crippen molar-refractivity contribution in [3.05, 3.63) is 0 Å². The summed E-state index contributed by atoms with van der Waals surface area (Å²) in [5.74, 6) is 0. The molecule has 0 spiro atoms. The van der Waals surface area contributed by atoms with Gasteiger partial charge in [0.1, 0.15) is 0 Å². The average molecular weight is 128 g/mol. The minimum Gasteiger partial charge on any atom is -0.320 e. The molecule has 0 aromatic heterocycles. The van der Waals surface area contributed by atoms with Gasteiger partial charge in [-0.1, -0.05) is 0 Å². The molecule has 2 heteroatoms. The topological polar surface area (TPSA) is 35.9 Å². The lowest BCUT2D eigenvalue weighted by Gasteiger charge is -1.97. The number of rotatable bonds is 5. The first kappa shape index (κ1) is 8.63. The summed E-state index contributed by atoms with van der Waals surface area (Å²) in [5.41, 5.74) is 0.797. The van der Waals surface area contributed by atoms with Crippen molar-refractivity contribution >= 4 is 5.71 Å². The number of unbranched alkanes of at least 4 members (excludes halogenated alkanes) is 1. The average Bonchev–Trinajstić information content (AvgIpc) is 1.80. The second-order valence-corrected chi connectivity index (χ2v) is 2.34. The maximum absolute atomic E-state index is 7.11. The molecule has 0 aliphatic heterocycles. The Bertz CT molecular complexity index is 79.0. The van der Waals surface area contributed by atoms with Gasteiger partial charge in [-0.25, -0.2) is 0 Å². The molecule has 0 saturated carbocycles. The highest BCUT2D eigenvalue weighted by Crippen LogP contribution is 1.93. The fraction of sp³-hybridized carbons (Fsp3) is 0.857. The van der Waals surface area contributed by atoms with Gasteiger partial charge in [0.05, 0.1) is 0 Å². The molecule has 0 radical (unpaired) electrons. The van der Waals surface area contributed by atoms with E-state index in [4.69, 9.17) is 5.41 Å². The van der Waals surface area contributed by atoms with E-state index in [0.717, 1.165) is 25.1 Å². The molecular formula is C7H16N2. The first-order valence-electron chi connectivity index (χ1n) is 3.46. The maximum atomic E-state index is 7.11. The lowest BCUT2D eigenvalue weighted by molar-refractivity contribution is 0.691. The van der Waals surface area contributed by atoms with Crippen molar-refractivity contribution in [2.45, 2.75) is 26.2 Å². The summed E-state index contributed by atoms with van der Waals surface area (Å²) < 4.78 is 0. The normalized spacial score (nSPS) is 9.56. The molecule has 0 aromatic rings. The second kappa shape index (κ2) is 5.76.